The van der Waals surface area contributed by atoms with Crippen LogP contribution in [0.25, 0.3) is 0 Å². The van der Waals surface area contributed by atoms with Crippen LogP contribution < -0.4 is 0 Å². The van der Waals surface area contributed by atoms with Crippen LogP contribution in [0.5, 0.6) is 0 Å². The molecule has 0 aromatic heterocycles. The third-order valence-electron chi connectivity index (χ3n) is 2.89. The average Bonchev–Trinajstić information content (AvgIpc) is 3.11. The monoisotopic (exact) mass is 352 g/mol. The molecule has 1 fully saturated rings. The summed E-state index contributed by atoms with van der Waals surface area (Å²) in [4.78, 5) is 0. The maximum absolute atomic E-state index is 5.74. The number of benzene rings is 2. The van der Waals surface area contributed by atoms with Crippen LogP contribution in [0.3, 0.4) is 0 Å². The van der Waals surface area contributed by atoms with Gasteiger partial charge in [-0.15, -0.1) is 0 Å². The Morgan fingerprint density at radius 3 is 1.35 bits per heavy atom. The Balaban J connectivity index is 1.78. The number of rotatable bonds is 2. The van der Waals surface area contributed by atoms with E-state index in [-0.39, 0.29) is 12.2 Å². The van der Waals surface area contributed by atoms with Crippen molar-refractivity contribution in [2.75, 3.05) is 0 Å². The standard InChI is InChI=1S/C14H10Br2O/c15-11-5-1-9(2-6-11)13-14(17-13)10-3-7-12(16)8-4-10/h1-8,13-14H/t13-,14+. The molecule has 0 spiro atoms. The van der Waals surface area contributed by atoms with Crippen molar-refractivity contribution in [3.05, 3.63) is 68.6 Å². The second-order valence-corrected chi connectivity index (χ2v) is 5.91. The van der Waals surface area contributed by atoms with Crippen molar-refractivity contribution in [2.45, 2.75) is 12.2 Å². The Hall–Kier alpha value is -0.640. The first kappa shape index (κ1) is 11.5. The molecule has 0 aliphatic carbocycles. The Morgan fingerprint density at radius 2 is 1.00 bits per heavy atom. The molecule has 17 heavy (non-hydrogen) atoms. The molecule has 1 nitrogen and oxygen atoms in total. The largest absolute Gasteiger partial charge is 0.359 e. The molecule has 0 N–H and O–H groups in total. The van der Waals surface area contributed by atoms with Gasteiger partial charge in [0.05, 0.1) is 0 Å². The maximum Gasteiger partial charge on any atom is 0.114 e. The average molecular weight is 354 g/mol. The molecule has 2 atom stereocenters. The van der Waals surface area contributed by atoms with Gasteiger partial charge in [0.1, 0.15) is 12.2 Å². The quantitative estimate of drug-likeness (QED) is 0.690. The number of hydrogen-bond acceptors (Lipinski definition) is 1. The van der Waals surface area contributed by atoms with Crippen LogP contribution in [-0.2, 0) is 4.74 Å². The minimum atomic E-state index is 0.212. The molecule has 3 heteroatoms. The minimum absolute atomic E-state index is 0.212. The lowest BCUT2D eigenvalue weighted by atomic mass is 10.0. The van der Waals surface area contributed by atoms with E-state index < -0.39 is 0 Å². The molecule has 1 aliphatic rings. The molecule has 2 aromatic carbocycles. The summed E-state index contributed by atoms with van der Waals surface area (Å²) >= 11 is 6.87. The molecule has 1 saturated heterocycles. The van der Waals surface area contributed by atoms with Crippen molar-refractivity contribution in [1.29, 1.82) is 0 Å². The molecule has 2 aromatic rings. The van der Waals surface area contributed by atoms with E-state index in [0.717, 1.165) is 8.95 Å². The van der Waals surface area contributed by atoms with E-state index in [4.69, 9.17) is 4.74 Å². The molecule has 3 rings (SSSR count). The highest BCUT2D eigenvalue weighted by atomic mass is 79.9. The number of ether oxygens (including phenoxy) is 1. The van der Waals surface area contributed by atoms with Gasteiger partial charge in [-0.1, -0.05) is 56.1 Å². The van der Waals surface area contributed by atoms with E-state index >= 15 is 0 Å². The van der Waals surface area contributed by atoms with Crippen molar-refractivity contribution in [2.24, 2.45) is 0 Å². The van der Waals surface area contributed by atoms with E-state index in [2.05, 4.69) is 80.4 Å². The van der Waals surface area contributed by atoms with E-state index in [1.165, 1.54) is 11.1 Å². The minimum Gasteiger partial charge on any atom is -0.359 e. The van der Waals surface area contributed by atoms with E-state index in [9.17, 15) is 0 Å². The van der Waals surface area contributed by atoms with Gasteiger partial charge in [0.15, 0.2) is 0 Å². The van der Waals surface area contributed by atoms with Gasteiger partial charge in [0.2, 0.25) is 0 Å². The fourth-order valence-corrected chi connectivity index (χ4v) is 2.45. The number of epoxide rings is 1. The predicted octanol–water partition coefficient (Wildman–Crippen LogP) is 5.02. The third kappa shape index (κ3) is 2.46. The van der Waals surface area contributed by atoms with Gasteiger partial charge in [0, 0.05) is 8.95 Å². The van der Waals surface area contributed by atoms with Crippen molar-refractivity contribution < 1.29 is 4.74 Å². The lowest BCUT2D eigenvalue weighted by Gasteiger charge is -1.98. The molecule has 0 unspecified atom stereocenters. The summed E-state index contributed by atoms with van der Waals surface area (Å²) in [5, 5.41) is 0. The van der Waals surface area contributed by atoms with E-state index in [1.807, 2.05) is 0 Å². The van der Waals surface area contributed by atoms with Crippen LogP contribution in [0.4, 0.5) is 0 Å². The van der Waals surface area contributed by atoms with Gasteiger partial charge >= 0.3 is 0 Å². The van der Waals surface area contributed by atoms with Gasteiger partial charge in [-0.05, 0) is 35.4 Å². The molecule has 0 bridgehead atoms. The SMILES string of the molecule is Brc1ccc([C@H]2O[C@H]2c2ccc(Br)cc2)cc1. The molecule has 0 radical (unpaired) electrons. The van der Waals surface area contributed by atoms with Gasteiger partial charge < -0.3 is 4.74 Å². The van der Waals surface area contributed by atoms with Crippen LogP contribution >= 0.6 is 31.9 Å². The highest BCUT2D eigenvalue weighted by molar-refractivity contribution is 9.10. The summed E-state index contributed by atoms with van der Waals surface area (Å²) in [6.07, 6.45) is 0.425. The lowest BCUT2D eigenvalue weighted by Crippen LogP contribution is -1.84. The smallest absolute Gasteiger partial charge is 0.114 e. The Labute approximate surface area is 117 Å². The first-order chi connectivity index (χ1) is 8.24. The van der Waals surface area contributed by atoms with Crippen molar-refractivity contribution >= 4 is 31.9 Å². The maximum atomic E-state index is 5.74. The van der Waals surface area contributed by atoms with Gasteiger partial charge in [-0.25, -0.2) is 0 Å². The van der Waals surface area contributed by atoms with Crippen LogP contribution in [0.2, 0.25) is 0 Å². The van der Waals surface area contributed by atoms with Crippen LogP contribution in [0.1, 0.15) is 23.3 Å². The van der Waals surface area contributed by atoms with E-state index in [1.54, 1.807) is 0 Å². The summed E-state index contributed by atoms with van der Waals surface area (Å²) in [6, 6.07) is 16.6. The molecule has 0 saturated carbocycles. The normalized spacial score (nSPS) is 22.5. The number of hydrogen-bond donors (Lipinski definition) is 0. The second kappa shape index (κ2) is 4.56. The zero-order chi connectivity index (χ0) is 11.8. The van der Waals surface area contributed by atoms with Crippen LogP contribution in [-0.4, -0.2) is 0 Å². The molecule has 1 aliphatic heterocycles. The molecule has 0 amide bonds. The first-order valence-electron chi connectivity index (χ1n) is 5.40. The predicted molar refractivity (Wildman–Crippen MR) is 74.9 cm³/mol. The molecular formula is C14H10Br2O. The summed E-state index contributed by atoms with van der Waals surface area (Å²) in [5.74, 6) is 0. The zero-order valence-electron chi connectivity index (χ0n) is 8.94. The first-order valence-corrected chi connectivity index (χ1v) is 6.99. The fourth-order valence-electron chi connectivity index (χ4n) is 1.92. The molecule has 86 valence electrons. The summed E-state index contributed by atoms with van der Waals surface area (Å²) < 4.78 is 7.94. The van der Waals surface area contributed by atoms with Gasteiger partial charge in [-0.2, -0.15) is 0 Å². The summed E-state index contributed by atoms with van der Waals surface area (Å²) in [7, 11) is 0. The molecular weight excluding hydrogens is 344 g/mol. The van der Waals surface area contributed by atoms with Gasteiger partial charge in [0.25, 0.3) is 0 Å². The second-order valence-electron chi connectivity index (χ2n) is 4.08. The molecule has 1 heterocycles. The summed E-state index contributed by atoms with van der Waals surface area (Å²) in [6.45, 7) is 0. The zero-order valence-corrected chi connectivity index (χ0v) is 12.1. The van der Waals surface area contributed by atoms with Crippen LogP contribution in [0, 0.1) is 0 Å². The Morgan fingerprint density at radius 1 is 0.647 bits per heavy atom. The fraction of sp³-hybridized carbons (Fsp3) is 0.143. The highest BCUT2D eigenvalue weighted by Gasteiger charge is 2.41. The lowest BCUT2D eigenvalue weighted by molar-refractivity contribution is 0.377. The third-order valence-corrected chi connectivity index (χ3v) is 3.95. The van der Waals surface area contributed by atoms with Crippen LogP contribution in [0.15, 0.2) is 57.5 Å². The number of halogens is 2. The summed E-state index contributed by atoms with van der Waals surface area (Å²) in [5.41, 5.74) is 2.47. The van der Waals surface area contributed by atoms with Crippen molar-refractivity contribution in [3.63, 3.8) is 0 Å². The van der Waals surface area contributed by atoms with Crippen molar-refractivity contribution in [3.8, 4) is 0 Å². The topological polar surface area (TPSA) is 12.5 Å². The van der Waals surface area contributed by atoms with Gasteiger partial charge in [-0.3, -0.25) is 0 Å². The Bertz CT molecular complexity index is 469. The van der Waals surface area contributed by atoms with E-state index in [0.29, 0.717) is 0 Å². The Kier molecular flexibility index (Phi) is 3.07. The van der Waals surface area contributed by atoms with Crippen molar-refractivity contribution in [1.82, 2.24) is 0 Å². The highest BCUT2D eigenvalue weighted by Crippen LogP contribution is 2.51.